The van der Waals surface area contributed by atoms with Crippen LogP contribution in [0.1, 0.15) is 37.6 Å². The molecule has 0 spiro atoms. The molecule has 1 unspecified atom stereocenters. The number of benzene rings is 2. The molecule has 2 aliphatic rings. The van der Waals surface area contributed by atoms with Crippen molar-refractivity contribution in [1.82, 2.24) is 9.80 Å². The number of methoxy groups -OCH3 is 2. The van der Waals surface area contributed by atoms with Gasteiger partial charge in [0.05, 0.1) is 13.2 Å². The number of rotatable bonds is 8. The van der Waals surface area contributed by atoms with Crippen molar-refractivity contribution in [2.24, 2.45) is 0 Å². The molecule has 6 nitrogen and oxygen atoms in total. The fourth-order valence-corrected chi connectivity index (χ4v) is 4.71. The summed E-state index contributed by atoms with van der Waals surface area (Å²) < 4.78 is 17.2. The maximum absolute atomic E-state index is 13.7. The molecular weight excluding hydrogens is 475 g/mol. The second kappa shape index (κ2) is 12.2. The predicted molar refractivity (Wildman–Crippen MR) is 138 cm³/mol. The maximum atomic E-state index is 13.7. The van der Waals surface area contributed by atoms with Crippen LogP contribution in [0.4, 0.5) is 0 Å². The number of carbonyl (C=O) groups excluding carboxylic acids is 1. The lowest BCUT2D eigenvalue weighted by Gasteiger charge is -2.40. The van der Waals surface area contributed by atoms with E-state index < -0.39 is 11.6 Å². The van der Waals surface area contributed by atoms with Crippen LogP contribution >= 0.6 is 24.8 Å². The Morgan fingerprint density at radius 3 is 2.00 bits per heavy atom. The number of esters is 1. The zero-order chi connectivity index (χ0) is 22.7. The number of hydrogen-bond acceptors (Lipinski definition) is 6. The van der Waals surface area contributed by atoms with Crippen molar-refractivity contribution in [3.8, 4) is 5.75 Å². The van der Waals surface area contributed by atoms with E-state index in [9.17, 15) is 4.79 Å². The zero-order valence-corrected chi connectivity index (χ0v) is 21.9. The third-order valence-electron chi connectivity index (χ3n) is 6.86. The highest BCUT2D eigenvalue weighted by Gasteiger charge is 2.64. The molecule has 2 aromatic rings. The summed E-state index contributed by atoms with van der Waals surface area (Å²) >= 11 is 0. The Bertz CT molecular complexity index is 905. The summed E-state index contributed by atoms with van der Waals surface area (Å²) in [5.74, 6) is 0.534. The first kappa shape index (κ1) is 28.4. The molecule has 2 aromatic carbocycles. The standard InChI is InChI=1S/C26H34N2O4.2ClH/c1-19(2)27-14-16-28(17-15-27)24(20-8-6-5-7-9-20)32-25(29)26(18-23(26)31-4)21-10-12-22(30-3)13-11-21;;/h5-13,19,23-24H,14-18H2,1-4H3;2*1H/t23-,24?,26-;;/m0../s1. The lowest BCUT2D eigenvalue weighted by Crippen LogP contribution is -2.50. The van der Waals surface area contributed by atoms with Gasteiger partial charge in [0.1, 0.15) is 11.2 Å². The highest BCUT2D eigenvalue weighted by atomic mass is 35.5. The molecule has 3 atom stereocenters. The minimum atomic E-state index is -0.770. The molecule has 1 aliphatic carbocycles. The second-order valence-corrected chi connectivity index (χ2v) is 8.96. The van der Waals surface area contributed by atoms with Gasteiger partial charge in [-0.2, -0.15) is 0 Å². The van der Waals surface area contributed by atoms with Crippen molar-refractivity contribution in [2.75, 3.05) is 40.4 Å². The topological polar surface area (TPSA) is 51.2 Å². The molecular formula is C26H36Cl2N2O4. The Kier molecular flexibility index (Phi) is 10.2. The largest absolute Gasteiger partial charge is 0.497 e. The molecule has 0 bridgehead atoms. The first-order chi connectivity index (χ1) is 15.5. The normalized spacial score (nSPS) is 23.4. The van der Waals surface area contributed by atoms with E-state index >= 15 is 0 Å². The van der Waals surface area contributed by atoms with Crippen molar-refractivity contribution >= 4 is 30.8 Å². The van der Waals surface area contributed by atoms with Crippen molar-refractivity contribution in [2.45, 2.75) is 44.1 Å². The van der Waals surface area contributed by atoms with Crippen LogP contribution in [0.5, 0.6) is 5.75 Å². The molecule has 0 aromatic heterocycles. The monoisotopic (exact) mass is 510 g/mol. The van der Waals surface area contributed by atoms with Gasteiger partial charge in [-0.05, 0) is 38.0 Å². The zero-order valence-electron chi connectivity index (χ0n) is 20.3. The number of nitrogens with zero attached hydrogens (tertiary/aromatic N) is 2. The van der Waals surface area contributed by atoms with E-state index in [1.165, 1.54) is 0 Å². The minimum absolute atomic E-state index is 0. The minimum Gasteiger partial charge on any atom is -0.497 e. The van der Waals surface area contributed by atoms with Crippen LogP contribution in [-0.4, -0.2) is 68.3 Å². The Balaban J connectivity index is 0.00000204. The summed E-state index contributed by atoms with van der Waals surface area (Å²) in [5, 5.41) is 0. The molecule has 4 rings (SSSR count). The van der Waals surface area contributed by atoms with Gasteiger partial charge < -0.3 is 14.2 Å². The lowest BCUT2D eigenvalue weighted by atomic mass is 9.95. The van der Waals surface area contributed by atoms with Crippen LogP contribution in [0.25, 0.3) is 0 Å². The maximum Gasteiger partial charge on any atom is 0.321 e. The molecule has 1 saturated heterocycles. The van der Waals surface area contributed by atoms with Gasteiger partial charge in [0.2, 0.25) is 0 Å². The fourth-order valence-electron chi connectivity index (χ4n) is 4.71. The second-order valence-electron chi connectivity index (χ2n) is 8.96. The molecule has 0 radical (unpaired) electrons. The molecule has 2 fully saturated rings. The van der Waals surface area contributed by atoms with Gasteiger partial charge >= 0.3 is 5.97 Å². The quantitative estimate of drug-likeness (QED) is 0.488. The van der Waals surface area contributed by atoms with Crippen molar-refractivity contribution in [3.05, 3.63) is 65.7 Å². The number of piperazine rings is 1. The number of carbonyl (C=O) groups is 1. The van der Waals surface area contributed by atoms with Gasteiger partial charge in [0.25, 0.3) is 0 Å². The number of hydrogen-bond donors (Lipinski definition) is 0. The third kappa shape index (κ3) is 5.69. The SMILES string of the molecule is COc1ccc([C@@]2(C(=O)OC(c3ccccc3)N3CCN(C(C)C)CC3)C[C@@H]2OC)cc1.Cl.Cl. The molecule has 1 saturated carbocycles. The van der Waals surface area contributed by atoms with E-state index in [0.29, 0.717) is 12.5 Å². The number of halogens is 2. The Morgan fingerprint density at radius 2 is 1.50 bits per heavy atom. The fraction of sp³-hybridized carbons (Fsp3) is 0.500. The van der Waals surface area contributed by atoms with Crippen LogP contribution < -0.4 is 4.74 Å². The summed E-state index contributed by atoms with van der Waals surface area (Å²) in [6, 6.07) is 18.2. The van der Waals surface area contributed by atoms with E-state index in [0.717, 1.165) is 43.1 Å². The predicted octanol–water partition coefficient (Wildman–Crippen LogP) is 4.46. The third-order valence-corrected chi connectivity index (χ3v) is 6.86. The smallest absolute Gasteiger partial charge is 0.321 e. The van der Waals surface area contributed by atoms with Crippen LogP contribution in [0, 0.1) is 0 Å². The highest BCUT2D eigenvalue weighted by Crippen LogP contribution is 2.52. The summed E-state index contributed by atoms with van der Waals surface area (Å²) in [4.78, 5) is 18.4. The molecule has 8 heteroatoms. The van der Waals surface area contributed by atoms with E-state index in [1.807, 2.05) is 54.6 Å². The molecule has 1 aliphatic heterocycles. The first-order valence-corrected chi connectivity index (χ1v) is 11.4. The molecule has 34 heavy (non-hydrogen) atoms. The van der Waals surface area contributed by atoms with Crippen molar-refractivity contribution in [1.29, 1.82) is 0 Å². The molecule has 1 heterocycles. The van der Waals surface area contributed by atoms with Crippen molar-refractivity contribution < 1.29 is 19.0 Å². The van der Waals surface area contributed by atoms with Crippen molar-refractivity contribution in [3.63, 3.8) is 0 Å². The molecule has 188 valence electrons. The van der Waals surface area contributed by atoms with Crippen LogP contribution in [0.2, 0.25) is 0 Å². The van der Waals surface area contributed by atoms with Gasteiger partial charge in [-0.15, -0.1) is 24.8 Å². The van der Waals surface area contributed by atoms with E-state index in [1.54, 1.807) is 14.2 Å². The van der Waals surface area contributed by atoms with Crippen LogP contribution in [-0.2, 0) is 19.7 Å². The Morgan fingerprint density at radius 1 is 0.912 bits per heavy atom. The average molecular weight is 511 g/mol. The van der Waals surface area contributed by atoms with Gasteiger partial charge in [-0.25, -0.2) is 0 Å². The molecule has 0 amide bonds. The van der Waals surface area contributed by atoms with E-state index in [4.69, 9.17) is 14.2 Å². The average Bonchev–Trinajstić information content (AvgIpc) is 3.59. The summed E-state index contributed by atoms with van der Waals surface area (Å²) in [7, 11) is 3.29. The first-order valence-electron chi connectivity index (χ1n) is 11.4. The summed E-state index contributed by atoms with van der Waals surface area (Å²) in [5.41, 5.74) is 1.14. The van der Waals surface area contributed by atoms with Crippen LogP contribution in [0.3, 0.4) is 0 Å². The van der Waals surface area contributed by atoms with E-state index in [2.05, 4.69) is 23.6 Å². The molecule has 0 N–H and O–H groups in total. The number of ether oxygens (including phenoxy) is 3. The van der Waals surface area contributed by atoms with Gasteiger partial charge in [-0.3, -0.25) is 14.6 Å². The Hall–Kier alpha value is -1.83. The lowest BCUT2D eigenvalue weighted by molar-refractivity contribution is -0.167. The Labute approximate surface area is 215 Å². The van der Waals surface area contributed by atoms with Gasteiger partial charge in [-0.1, -0.05) is 42.5 Å². The summed E-state index contributed by atoms with van der Waals surface area (Å²) in [6.07, 6.45) is 0.0287. The van der Waals surface area contributed by atoms with Gasteiger partial charge in [0, 0.05) is 44.9 Å². The highest BCUT2D eigenvalue weighted by molar-refractivity contribution is 5.88. The summed E-state index contributed by atoms with van der Waals surface area (Å²) in [6.45, 7) is 8.08. The van der Waals surface area contributed by atoms with E-state index in [-0.39, 0.29) is 36.9 Å². The van der Waals surface area contributed by atoms with Crippen LogP contribution in [0.15, 0.2) is 54.6 Å². The van der Waals surface area contributed by atoms with Gasteiger partial charge in [0.15, 0.2) is 6.23 Å².